The van der Waals surface area contributed by atoms with Gasteiger partial charge in [0.1, 0.15) is 0 Å². The maximum absolute atomic E-state index is 12.5. The Kier molecular flexibility index (Phi) is 4.19. The largest absolute Gasteiger partial charge is 0.384 e. The summed E-state index contributed by atoms with van der Waals surface area (Å²) in [7, 11) is -2.00. The second kappa shape index (κ2) is 5.97. The number of hydrogen-bond donors (Lipinski definition) is 1. The van der Waals surface area contributed by atoms with Crippen molar-refractivity contribution in [2.45, 2.75) is 23.5 Å². The lowest BCUT2D eigenvalue weighted by Gasteiger charge is -2.47. The van der Waals surface area contributed by atoms with Crippen LogP contribution in [0.25, 0.3) is 0 Å². The molecule has 0 unspecified atom stereocenters. The van der Waals surface area contributed by atoms with E-state index in [1.165, 1.54) is 24.3 Å². The van der Waals surface area contributed by atoms with E-state index >= 15 is 0 Å². The van der Waals surface area contributed by atoms with Gasteiger partial charge in [0.05, 0.1) is 29.2 Å². The molecule has 118 valence electrons. The van der Waals surface area contributed by atoms with E-state index in [2.05, 4.69) is 4.72 Å². The second-order valence-electron chi connectivity index (χ2n) is 5.69. The van der Waals surface area contributed by atoms with Gasteiger partial charge < -0.3 is 9.47 Å². The minimum absolute atomic E-state index is 0.0469. The first-order chi connectivity index (χ1) is 10.6. The van der Waals surface area contributed by atoms with Crippen molar-refractivity contribution in [1.82, 2.24) is 4.72 Å². The normalized spacial score (nSPS) is 30.4. The molecule has 1 saturated carbocycles. The van der Waals surface area contributed by atoms with Crippen molar-refractivity contribution < 1.29 is 17.9 Å². The fraction of sp³-hybridized carbons (Fsp3) is 0.533. The van der Waals surface area contributed by atoms with Crippen LogP contribution in [0.2, 0.25) is 0 Å². The molecule has 1 heterocycles. The standard InChI is InChI=1S/C15H18N2O4S/c1-20-9-13-14(12-6-7-21-15(12)13)17-22(18,19)11-4-2-10(8-16)3-5-11/h2-5,12-15,17H,6-7,9H2,1H3/t12-,13+,14+,15-/m0/s1. The molecule has 2 fully saturated rings. The minimum atomic E-state index is -3.61. The van der Waals surface area contributed by atoms with Crippen molar-refractivity contribution in [3.8, 4) is 6.07 Å². The van der Waals surface area contributed by atoms with Crippen molar-refractivity contribution in [2.75, 3.05) is 20.3 Å². The third-order valence-electron chi connectivity index (χ3n) is 4.47. The summed E-state index contributed by atoms with van der Waals surface area (Å²) in [5.41, 5.74) is 0.434. The number of hydrogen-bond acceptors (Lipinski definition) is 5. The van der Waals surface area contributed by atoms with Crippen LogP contribution in [-0.2, 0) is 19.5 Å². The van der Waals surface area contributed by atoms with Crippen LogP contribution in [0.1, 0.15) is 12.0 Å². The van der Waals surface area contributed by atoms with Crippen LogP contribution >= 0.6 is 0 Å². The van der Waals surface area contributed by atoms with Gasteiger partial charge in [0.25, 0.3) is 0 Å². The molecule has 2 aliphatic rings. The fourth-order valence-electron chi connectivity index (χ4n) is 3.35. The van der Waals surface area contributed by atoms with Gasteiger partial charge in [-0.2, -0.15) is 5.26 Å². The predicted octanol–water partition coefficient (Wildman–Crippen LogP) is 0.886. The Morgan fingerprint density at radius 1 is 1.41 bits per heavy atom. The van der Waals surface area contributed by atoms with E-state index < -0.39 is 10.0 Å². The zero-order valence-corrected chi connectivity index (χ0v) is 13.0. The van der Waals surface area contributed by atoms with Crippen LogP contribution in [0.5, 0.6) is 0 Å². The number of fused-ring (bicyclic) bond motifs is 1. The molecular formula is C15H18N2O4S. The molecule has 1 aromatic rings. The summed E-state index contributed by atoms with van der Waals surface area (Å²) in [6.07, 6.45) is 0.958. The van der Waals surface area contributed by atoms with Crippen LogP contribution in [-0.4, -0.2) is 40.9 Å². The van der Waals surface area contributed by atoms with Crippen LogP contribution in [0.4, 0.5) is 0 Å². The van der Waals surface area contributed by atoms with Gasteiger partial charge in [-0.05, 0) is 30.7 Å². The lowest BCUT2D eigenvalue weighted by Crippen LogP contribution is -2.62. The second-order valence-corrected chi connectivity index (χ2v) is 7.40. The molecule has 3 rings (SSSR count). The summed E-state index contributed by atoms with van der Waals surface area (Å²) in [6, 6.07) is 7.73. The molecule has 0 amide bonds. The van der Waals surface area contributed by atoms with Crippen molar-refractivity contribution in [3.05, 3.63) is 29.8 Å². The Labute approximate surface area is 130 Å². The molecule has 4 atom stereocenters. The zero-order chi connectivity index (χ0) is 15.7. The van der Waals surface area contributed by atoms with Gasteiger partial charge in [-0.15, -0.1) is 0 Å². The fourth-order valence-corrected chi connectivity index (χ4v) is 4.69. The number of rotatable bonds is 5. The van der Waals surface area contributed by atoms with Crippen LogP contribution in [0.3, 0.4) is 0 Å². The average molecular weight is 322 g/mol. The number of nitrogens with zero attached hydrogens (tertiary/aromatic N) is 1. The Balaban J connectivity index is 1.77. The maximum Gasteiger partial charge on any atom is 0.240 e. The molecular weight excluding hydrogens is 304 g/mol. The van der Waals surface area contributed by atoms with Gasteiger partial charge >= 0.3 is 0 Å². The maximum atomic E-state index is 12.5. The molecule has 1 N–H and O–H groups in total. The molecule has 1 aromatic carbocycles. The number of nitrogens with one attached hydrogen (secondary N) is 1. The molecule has 7 heteroatoms. The summed E-state index contributed by atoms with van der Waals surface area (Å²) in [4.78, 5) is 0.171. The lowest BCUT2D eigenvalue weighted by molar-refractivity contribution is -0.0775. The molecule has 6 nitrogen and oxygen atoms in total. The van der Waals surface area contributed by atoms with Crippen molar-refractivity contribution in [2.24, 2.45) is 11.8 Å². The highest BCUT2D eigenvalue weighted by Gasteiger charge is 2.54. The lowest BCUT2D eigenvalue weighted by atomic mass is 9.68. The topological polar surface area (TPSA) is 88.4 Å². The third kappa shape index (κ3) is 2.63. The number of methoxy groups -OCH3 is 1. The summed E-state index contributed by atoms with van der Waals surface area (Å²) < 4.78 is 38.6. The highest BCUT2D eigenvalue weighted by molar-refractivity contribution is 7.89. The van der Waals surface area contributed by atoms with E-state index in [9.17, 15) is 8.42 Å². The molecule has 0 bridgehead atoms. The number of sulfonamides is 1. The molecule has 1 aliphatic heterocycles. The van der Waals surface area contributed by atoms with Crippen LogP contribution in [0.15, 0.2) is 29.2 Å². The molecule has 0 spiro atoms. The van der Waals surface area contributed by atoms with E-state index in [1.54, 1.807) is 7.11 Å². The van der Waals surface area contributed by atoms with E-state index in [-0.39, 0.29) is 28.9 Å². The first-order valence-corrected chi connectivity index (χ1v) is 8.68. The van der Waals surface area contributed by atoms with E-state index in [0.717, 1.165) is 6.42 Å². The van der Waals surface area contributed by atoms with Gasteiger partial charge in [-0.1, -0.05) is 0 Å². The summed E-state index contributed by atoms with van der Waals surface area (Å²) >= 11 is 0. The van der Waals surface area contributed by atoms with Crippen LogP contribution < -0.4 is 4.72 Å². The Hall–Kier alpha value is -1.46. The summed E-state index contributed by atoms with van der Waals surface area (Å²) in [5.74, 6) is 0.263. The molecule has 1 saturated heterocycles. The monoisotopic (exact) mass is 322 g/mol. The van der Waals surface area contributed by atoms with Gasteiger partial charge in [-0.25, -0.2) is 13.1 Å². The molecule has 1 aliphatic carbocycles. The number of ether oxygens (including phenoxy) is 2. The first kappa shape index (κ1) is 15.4. The first-order valence-electron chi connectivity index (χ1n) is 7.20. The van der Waals surface area contributed by atoms with E-state index in [4.69, 9.17) is 14.7 Å². The quantitative estimate of drug-likeness (QED) is 0.869. The van der Waals surface area contributed by atoms with E-state index in [0.29, 0.717) is 18.8 Å². The van der Waals surface area contributed by atoms with Crippen molar-refractivity contribution >= 4 is 10.0 Å². The van der Waals surface area contributed by atoms with E-state index in [1.807, 2.05) is 6.07 Å². The van der Waals surface area contributed by atoms with Gasteiger partial charge in [0.15, 0.2) is 0 Å². The van der Waals surface area contributed by atoms with Crippen molar-refractivity contribution in [1.29, 1.82) is 5.26 Å². The molecule has 0 radical (unpaired) electrons. The minimum Gasteiger partial charge on any atom is -0.384 e. The predicted molar refractivity (Wildman–Crippen MR) is 78.5 cm³/mol. The highest BCUT2D eigenvalue weighted by Crippen LogP contribution is 2.44. The zero-order valence-electron chi connectivity index (χ0n) is 12.2. The third-order valence-corrected chi connectivity index (χ3v) is 5.95. The Morgan fingerprint density at radius 2 is 2.14 bits per heavy atom. The Morgan fingerprint density at radius 3 is 2.77 bits per heavy atom. The smallest absolute Gasteiger partial charge is 0.240 e. The SMILES string of the molecule is COC[C@@H]1[C@H](NS(=O)(=O)c2ccc(C#N)cc2)[C@@H]2CCO[C@H]12. The van der Waals surface area contributed by atoms with Crippen LogP contribution in [0, 0.1) is 23.2 Å². The number of nitriles is 1. The average Bonchev–Trinajstić information content (AvgIpc) is 2.95. The van der Waals surface area contributed by atoms with Gasteiger partial charge in [-0.3, -0.25) is 0 Å². The van der Waals surface area contributed by atoms with Gasteiger partial charge in [0.2, 0.25) is 10.0 Å². The summed E-state index contributed by atoms with van der Waals surface area (Å²) in [6.45, 7) is 1.15. The molecule has 22 heavy (non-hydrogen) atoms. The Bertz CT molecular complexity index is 680. The van der Waals surface area contributed by atoms with Crippen molar-refractivity contribution in [3.63, 3.8) is 0 Å². The molecule has 0 aromatic heterocycles. The number of benzene rings is 1. The van der Waals surface area contributed by atoms with Gasteiger partial charge in [0, 0.05) is 31.6 Å². The highest BCUT2D eigenvalue weighted by atomic mass is 32.2. The summed E-state index contributed by atoms with van der Waals surface area (Å²) in [5, 5.41) is 8.78.